The highest BCUT2D eigenvalue weighted by Crippen LogP contribution is 2.27. The van der Waals surface area contributed by atoms with E-state index in [0.717, 1.165) is 39.3 Å². The first-order valence-corrected chi connectivity index (χ1v) is 12.5. The van der Waals surface area contributed by atoms with Crippen molar-refractivity contribution in [3.8, 4) is 5.75 Å². The van der Waals surface area contributed by atoms with E-state index in [4.69, 9.17) is 14.7 Å². The summed E-state index contributed by atoms with van der Waals surface area (Å²) < 4.78 is 9.11. The maximum absolute atomic E-state index is 13.5. The maximum Gasteiger partial charge on any atom is 0.263 e. The van der Waals surface area contributed by atoms with Crippen LogP contribution in [0, 0.1) is 6.92 Å². The fourth-order valence-electron chi connectivity index (χ4n) is 4.37. The Morgan fingerprint density at radius 2 is 1.61 bits per heavy atom. The van der Waals surface area contributed by atoms with E-state index >= 15 is 0 Å². The molecule has 3 aromatic carbocycles. The molecule has 0 amide bonds. The molecule has 0 unspecified atom stereocenters. The highest BCUT2D eigenvalue weighted by Gasteiger charge is 2.18. The lowest BCUT2D eigenvalue weighted by atomic mass is 10.2. The van der Waals surface area contributed by atoms with Crippen molar-refractivity contribution in [2.45, 2.75) is 24.4 Å². The standard InChI is InChI=1S/C27H22N6O2S/c1-17-22(29-21-12-6-5-11-20(21)28-17)16-36-27-31-30-26-32(15-18-9-3-8-14-24(18)35-2)25(34)19-10-4-7-13-23(19)33(26)27/h3-14H,15-16H2,1-2H3. The van der Waals surface area contributed by atoms with Crippen LogP contribution >= 0.6 is 11.8 Å². The molecular formula is C27H22N6O2S. The van der Waals surface area contributed by atoms with Crippen molar-refractivity contribution in [1.29, 1.82) is 0 Å². The third-order valence-electron chi connectivity index (χ3n) is 6.18. The second-order valence-electron chi connectivity index (χ2n) is 8.37. The minimum Gasteiger partial charge on any atom is -0.496 e. The van der Waals surface area contributed by atoms with Crippen molar-refractivity contribution >= 4 is 39.5 Å². The third kappa shape index (κ3) is 3.77. The van der Waals surface area contributed by atoms with Crippen LogP contribution in [0.1, 0.15) is 17.0 Å². The Labute approximate surface area is 210 Å². The molecule has 0 N–H and O–H groups in total. The Kier molecular flexibility index (Phi) is 5.61. The summed E-state index contributed by atoms with van der Waals surface area (Å²) in [6, 6.07) is 23.1. The van der Waals surface area contributed by atoms with E-state index in [1.54, 1.807) is 11.7 Å². The molecule has 0 aliphatic rings. The van der Waals surface area contributed by atoms with Gasteiger partial charge in [0.05, 0.1) is 47.0 Å². The van der Waals surface area contributed by atoms with Gasteiger partial charge in [0.15, 0.2) is 5.16 Å². The zero-order valence-corrected chi connectivity index (χ0v) is 20.6. The molecule has 8 nitrogen and oxygen atoms in total. The van der Waals surface area contributed by atoms with Gasteiger partial charge in [-0.15, -0.1) is 10.2 Å². The SMILES string of the molecule is COc1ccccc1Cn1c(=O)c2ccccc2n2c(SCc3nc4ccccc4nc3C)nnc12. The molecule has 9 heteroatoms. The zero-order valence-electron chi connectivity index (χ0n) is 19.8. The van der Waals surface area contributed by atoms with Gasteiger partial charge >= 0.3 is 0 Å². The lowest BCUT2D eigenvalue weighted by molar-refractivity contribution is 0.408. The predicted octanol–water partition coefficient (Wildman–Crippen LogP) is 4.65. The largest absolute Gasteiger partial charge is 0.496 e. The number of rotatable bonds is 6. The number of methoxy groups -OCH3 is 1. The van der Waals surface area contributed by atoms with E-state index in [0.29, 0.717) is 28.6 Å². The van der Waals surface area contributed by atoms with Gasteiger partial charge in [-0.3, -0.25) is 13.8 Å². The second kappa shape index (κ2) is 9.09. The van der Waals surface area contributed by atoms with E-state index < -0.39 is 0 Å². The quantitative estimate of drug-likeness (QED) is 0.312. The number of hydrogen-bond acceptors (Lipinski definition) is 7. The fourth-order valence-corrected chi connectivity index (χ4v) is 5.31. The molecule has 0 spiro atoms. The molecule has 6 aromatic rings. The van der Waals surface area contributed by atoms with Crippen molar-refractivity contribution in [3.05, 3.63) is 100 Å². The van der Waals surface area contributed by atoms with Gasteiger partial charge in [0.25, 0.3) is 5.56 Å². The smallest absolute Gasteiger partial charge is 0.263 e. The van der Waals surface area contributed by atoms with Crippen molar-refractivity contribution in [2.24, 2.45) is 0 Å². The Morgan fingerprint density at radius 3 is 2.44 bits per heavy atom. The molecule has 0 aliphatic heterocycles. The molecule has 0 atom stereocenters. The van der Waals surface area contributed by atoms with Gasteiger partial charge in [-0.25, -0.2) is 9.97 Å². The molecule has 0 bridgehead atoms. The number of hydrogen-bond donors (Lipinski definition) is 0. The Hall–Kier alpha value is -4.24. The van der Waals surface area contributed by atoms with Gasteiger partial charge in [-0.05, 0) is 37.3 Å². The molecule has 3 aromatic heterocycles. The van der Waals surface area contributed by atoms with E-state index in [1.165, 1.54) is 11.8 Å². The van der Waals surface area contributed by atoms with Crippen molar-refractivity contribution in [2.75, 3.05) is 7.11 Å². The van der Waals surface area contributed by atoms with Crippen LogP contribution in [0.3, 0.4) is 0 Å². The van der Waals surface area contributed by atoms with Crippen molar-refractivity contribution in [1.82, 2.24) is 29.1 Å². The van der Waals surface area contributed by atoms with E-state index in [9.17, 15) is 4.79 Å². The second-order valence-corrected chi connectivity index (χ2v) is 9.31. The van der Waals surface area contributed by atoms with Gasteiger partial charge in [0.2, 0.25) is 5.78 Å². The first-order chi connectivity index (χ1) is 17.6. The van der Waals surface area contributed by atoms with Gasteiger partial charge in [-0.2, -0.15) is 0 Å². The van der Waals surface area contributed by atoms with Gasteiger partial charge < -0.3 is 4.74 Å². The molecule has 0 saturated carbocycles. The number of ether oxygens (including phenoxy) is 1. The van der Waals surface area contributed by atoms with Crippen LogP contribution in [0.4, 0.5) is 0 Å². The summed E-state index contributed by atoms with van der Waals surface area (Å²) in [5.74, 6) is 1.77. The summed E-state index contributed by atoms with van der Waals surface area (Å²) in [7, 11) is 1.63. The first-order valence-electron chi connectivity index (χ1n) is 11.5. The number of para-hydroxylation sites is 4. The van der Waals surface area contributed by atoms with Crippen LogP contribution in [-0.4, -0.2) is 36.2 Å². The summed E-state index contributed by atoms with van der Waals surface area (Å²) in [6.45, 7) is 2.28. The number of nitrogens with zero attached hydrogens (tertiary/aromatic N) is 6. The van der Waals surface area contributed by atoms with Gasteiger partial charge in [-0.1, -0.05) is 54.2 Å². The molecule has 0 radical (unpaired) electrons. The molecule has 178 valence electrons. The Morgan fingerprint density at radius 1 is 0.889 bits per heavy atom. The highest BCUT2D eigenvalue weighted by molar-refractivity contribution is 7.98. The van der Waals surface area contributed by atoms with E-state index in [1.807, 2.05) is 84.1 Å². The number of aryl methyl sites for hydroxylation is 1. The van der Waals surface area contributed by atoms with Crippen LogP contribution in [0.25, 0.3) is 27.7 Å². The molecule has 0 aliphatic carbocycles. The summed E-state index contributed by atoms with van der Waals surface area (Å²) in [5, 5.41) is 10.2. The lowest BCUT2D eigenvalue weighted by Crippen LogP contribution is -2.24. The topological polar surface area (TPSA) is 87.2 Å². The number of thioether (sulfide) groups is 1. The summed E-state index contributed by atoms with van der Waals surface area (Å²) >= 11 is 1.52. The molecule has 6 rings (SSSR count). The van der Waals surface area contributed by atoms with Crippen molar-refractivity contribution < 1.29 is 4.74 Å². The van der Waals surface area contributed by atoms with Gasteiger partial charge in [0, 0.05) is 11.3 Å². The highest BCUT2D eigenvalue weighted by atomic mass is 32.2. The maximum atomic E-state index is 13.5. The van der Waals surface area contributed by atoms with Crippen molar-refractivity contribution in [3.63, 3.8) is 0 Å². The van der Waals surface area contributed by atoms with Crippen LogP contribution in [0.15, 0.2) is 82.7 Å². The molecule has 3 heterocycles. The minimum absolute atomic E-state index is 0.121. The van der Waals surface area contributed by atoms with Crippen LogP contribution < -0.4 is 10.3 Å². The zero-order chi connectivity index (χ0) is 24.6. The van der Waals surface area contributed by atoms with Gasteiger partial charge in [0.1, 0.15) is 5.75 Å². The average Bonchev–Trinajstić information content (AvgIpc) is 3.34. The minimum atomic E-state index is -0.121. The van der Waals surface area contributed by atoms with Crippen LogP contribution in [0.5, 0.6) is 5.75 Å². The summed E-state index contributed by atoms with van der Waals surface area (Å²) in [6.07, 6.45) is 0. The Bertz CT molecular complexity index is 1810. The average molecular weight is 495 g/mol. The summed E-state index contributed by atoms with van der Waals surface area (Å²) in [4.78, 5) is 23.0. The van der Waals surface area contributed by atoms with E-state index in [2.05, 4.69) is 10.2 Å². The predicted molar refractivity (Wildman–Crippen MR) is 141 cm³/mol. The molecule has 36 heavy (non-hydrogen) atoms. The van der Waals surface area contributed by atoms with E-state index in [-0.39, 0.29) is 5.56 Å². The molecule has 0 fully saturated rings. The molecular weight excluding hydrogens is 472 g/mol. The summed E-state index contributed by atoms with van der Waals surface area (Å²) in [5.41, 5.74) is 5.05. The fraction of sp³-hybridized carbons (Fsp3) is 0.148. The lowest BCUT2D eigenvalue weighted by Gasteiger charge is -2.13. The molecule has 0 saturated heterocycles. The third-order valence-corrected chi connectivity index (χ3v) is 7.12. The normalized spacial score (nSPS) is 11.5. The first kappa shape index (κ1) is 22.2. The number of benzene rings is 3. The van der Waals surface area contributed by atoms with Crippen LogP contribution in [-0.2, 0) is 12.3 Å². The number of fused-ring (bicyclic) bond motifs is 4. The number of aromatic nitrogens is 6. The Balaban J connectivity index is 1.45. The monoisotopic (exact) mass is 494 g/mol. The van der Waals surface area contributed by atoms with Crippen LogP contribution in [0.2, 0.25) is 0 Å².